The molecule has 0 spiro atoms. The van der Waals surface area contributed by atoms with Crippen molar-refractivity contribution in [2.24, 2.45) is 13.0 Å². The van der Waals surface area contributed by atoms with Crippen molar-refractivity contribution in [3.8, 4) is 11.8 Å². The molecule has 0 radical (unpaired) electrons. The van der Waals surface area contributed by atoms with Crippen molar-refractivity contribution in [3.05, 3.63) is 38.8 Å². The number of hydrogen-bond donors (Lipinski definition) is 1. The van der Waals surface area contributed by atoms with Crippen LogP contribution < -0.4 is 5.56 Å². The van der Waals surface area contributed by atoms with E-state index < -0.39 is 11.6 Å². The van der Waals surface area contributed by atoms with E-state index >= 15 is 0 Å². The lowest BCUT2D eigenvalue weighted by atomic mass is 10.00. The van der Waals surface area contributed by atoms with E-state index in [1.165, 1.54) is 4.57 Å². The molecule has 0 atom stereocenters. The molecule has 2 rings (SSSR count). The molecule has 1 heterocycles. The molecular formula is C20H25NO4. The van der Waals surface area contributed by atoms with E-state index in [2.05, 4.69) is 11.8 Å². The summed E-state index contributed by atoms with van der Waals surface area (Å²) in [6.07, 6.45) is 2.01. The Balaban J connectivity index is 2.59. The average molecular weight is 343 g/mol. The zero-order valence-corrected chi connectivity index (χ0v) is 15.7. The Morgan fingerprint density at radius 1 is 1.44 bits per heavy atom. The van der Waals surface area contributed by atoms with E-state index in [0.717, 1.165) is 5.57 Å². The number of rotatable bonds is 3. The first kappa shape index (κ1) is 19.0. The van der Waals surface area contributed by atoms with Crippen LogP contribution in [0.1, 0.15) is 51.3 Å². The molecule has 0 saturated carbocycles. The lowest BCUT2D eigenvalue weighted by Crippen LogP contribution is -2.23. The van der Waals surface area contributed by atoms with Crippen LogP contribution in [0.5, 0.6) is 0 Å². The standard InChI is InChI=1S/C20H25NO4/c1-12(2)11-25-19(23)16-13(3)9-15-17(16)14(7-8-20(4,5)24)10-21(6)18(15)22/h10,12,24H,9,11H2,1-6H3. The monoisotopic (exact) mass is 343 g/mol. The first-order valence-electron chi connectivity index (χ1n) is 8.36. The van der Waals surface area contributed by atoms with Gasteiger partial charge in [-0.05, 0) is 26.7 Å². The second kappa shape index (κ2) is 6.89. The van der Waals surface area contributed by atoms with Crippen molar-refractivity contribution in [2.75, 3.05) is 6.61 Å². The number of fused-ring (bicyclic) bond motifs is 1. The molecule has 134 valence electrons. The topological polar surface area (TPSA) is 68.5 Å². The summed E-state index contributed by atoms with van der Waals surface area (Å²) in [5.74, 6) is 5.48. The molecular weight excluding hydrogens is 318 g/mol. The smallest absolute Gasteiger partial charge is 0.338 e. The summed E-state index contributed by atoms with van der Waals surface area (Å²) in [7, 11) is 1.66. The highest BCUT2D eigenvalue weighted by Crippen LogP contribution is 2.34. The maximum absolute atomic E-state index is 12.6. The molecule has 0 aromatic carbocycles. The molecule has 1 aromatic rings. The first-order valence-corrected chi connectivity index (χ1v) is 8.36. The second-order valence-electron chi connectivity index (χ2n) is 7.45. The second-order valence-corrected chi connectivity index (χ2v) is 7.45. The van der Waals surface area contributed by atoms with Gasteiger partial charge in [0, 0.05) is 36.4 Å². The summed E-state index contributed by atoms with van der Waals surface area (Å²) in [5.41, 5.74) is 1.57. The van der Waals surface area contributed by atoms with E-state index in [4.69, 9.17) is 4.74 Å². The van der Waals surface area contributed by atoms with Crippen molar-refractivity contribution in [1.29, 1.82) is 0 Å². The maximum Gasteiger partial charge on any atom is 0.338 e. The Morgan fingerprint density at radius 2 is 2.08 bits per heavy atom. The average Bonchev–Trinajstić information content (AvgIpc) is 2.84. The van der Waals surface area contributed by atoms with Crippen LogP contribution in [-0.4, -0.2) is 27.9 Å². The van der Waals surface area contributed by atoms with Gasteiger partial charge in [-0.15, -0.1) is 0 Å². The van der Waals surface area contributed by atoms with Crippen LogP contribution in [0.15, 0.2) is 16.6 Å². The fraction of sp³-hybridized carbons (Fsp3) is 0.500. The van der Waals surface area contributed by atoms with Gasteiger partial charge in [-0.25, -0.2) is 4.79 Å². The number of pyridine rings is 1. The minimum Gasteiger partial charge on any atom is -0.462 e. The van der Waals surface area contributed by atoms with Gasteiger partial charge in [-0.3, -0.25) is 4.79 Å². The van der Waals surface area contributed by atoms with Gasteiger partial charge in [0.1, 0.15) is 5.60 Å². The van der Waals surface area contributed by atoms with Crippen LogP contribution in [-0.2, 0) is 23.0 Å². The largest absolute Gasteiger partial charge is 0.462 e. The first-order chi connectivity index (χ1) is 11.5. The van der Waals surface area contributed by atoms with Crippen LogP contribution in [0.25, 0.3) is 5.57 Å². The molecule has 0 fully saturated rings. The van der Waals surface area contributed by atoms with E-state index in [0.29, 0.717) is 35.3 Å². The number of aliphatic hydroxyl groups is 1. The van der Waals surface area contributed by atoms with Crippen LogP contribution in [0.2, 0.25) is 0 Å². The number of esters is 1. The van der Waals surface area contributed by atoms with Crippen LogP contribution in [0.3, 0.4) is 0 Å². The van der Waals surface area contributed by atoms with E-state index in [-0.39, 0.29) is 11.5 Å². The van der Waals surface area contributed by atoms with Crippen molar-refractivity contribution in [3.63, 3.8) is 0 Å². The number of ether oxygens (including phenoxy) is 1. The van der Waals surface area contributed by atoms with Gasteiger partial charge < -0.3 is 14.4 Å². The third kappa shape index (κ3) is 4.21. The lowest BCUT2D eigenvalue weighted by molar-refractivity contribution is -0.137. The molecule has 25 heavy (non-hydrogen) atoms. The Labute approximate surface area is 148 Å². The molecule has 0 saturated heterocycles. The highest BCUT2D eigenvalue weighted by atomic mass is 16.5. The number of carbonyl (C=O) groups excluding carboxylic acids is 1. The highest BCUT2D eigenvalue weighted by molar-refractivity contribution is 6.19. The van der Waals surface area contributed by atoms with E-state index in [9.17, 15) is 14.7 Å². The normalized spacial score (nSPS) is 13.6. The Morgan fingerprint density at radius 3 is 2.64 bits per heavy atom. The quantitative estimate of drug-likeness (QED) is 0.674. The molecule has 0 amide bonds. The van der Waals surface area contributed by atoms with Gasteiger partial charge in [0.2, 0.25) is 0 Å². The van der Waals surface area contributed by atoms with Crippen molar-refractivity contribution in [1.82, 2.24) is 4.57 Å². The summed E-state index contributed by atoms with van der Waals surface area (Å²) in [6, 6.07) is 0. The van der Waals surface area contributed by atoms with Gasteiger partial charge in [0.15, 0.2) is 0 Å². The third-order valence-electron chi connectivity index (χ3n) is 3.85. The predicted octanol–water partition coefficient (Wildman–Crippen LogP) is 2.04. The van der Waals surface area contributed by atoms with Gasteiger partial charge in [0.05, 0.1) is 12.2 Å². The minimum absolute atomic E-state index is 0.144. The fourth-order valence-corrected chi connectivity index (χ4v) is 2.72. The molecule has 1 aromatic heterocycles. The van der Waals surface area contributed by atoms with Crippen molar-refractivity contribution >= 4 is 11.5 Å². The molecule has 1 aliphatic carbocycles. The number of aromatic nitrogens is 1. The van der Waals surface area contributed by atoms with Crippen LogP contribution >= 0.6 is 0 Å². The summed E-state index contributed by atoms with van der Waals surface area (Å²) in [6.45, 7) is 9.25. The Bertz CT molecular complexity index is 855. The molecule has 5 heteroatoms. The third-order valence-corrected chi connectivity index (χ3v) is 3.85. The van der Waals surface area contributed by atoms with Crippen molar-refractivity contribution in [2.45, 2.75) is 46.6 Å². The highest BCUT2D eigenvalue weighted by Gasteiger charge is 2.31. The molecule has 0 unspecified atom stereocenters. The summed E-state index contributed by atoms with van der Waals surface area (Å²) in [5, 5.41) is 9.88. The summed E-state index contributed by atoms with van der Waals surface area (Å²) < 4.78 is 6.84. The Kier molecular flexibility index (Phi) is 5.24. The predicted molar refractivity (Wildman–Crippen MR) is 97.0 cm³/mol. The molecule has 0 aliphatic heterocycles. The van der Waals surface area contributed by atoms with Gasteiger partial charge in [-0.2, -0.15) is 0 Å². The van der Waals surface area contributed by atoms with Crippen LogP contribution in [0, 0.1) is 17.8 Å². The fourth-order valence-electron chi connectivity index (χ4n) is 2.72. The number of carbonyl (C=O) groups is 1. The molecule has 1 aliphatic rings. The van der Waals surface area contributed by atoms with Crippen LogP contribution in [0.4, 0.5) is 0 Å². The number of hydrogen-bond acceptors (Lipinski definition) is 4. The number of nitrogens with zero attached hydrogens (tertiary/aromatic N) is 1. The minimum atomic E-state index is -1.17. The zero-order valence-electron chi connectivity index (χ0n) is 15.7. The lowest BCUT2D eigenvalue weighted by Gasteiger charge is -2.12. The summed E-state index contributed by atoms with van der Waals surface area (Å²) >= 11 is 0. The molecule has 0 bridgehead atoms. The maximum atomic E-state index is 12.6. The van der Waals surface area contributed by atoms with Gasteiger partial charge in [0.25, 0.3) is 5.56 Å². The van der Waals surface area contributed by atoms with Gasteiger partial charge >= 0.3 is 5.97 Å². The zero-order chi connectivity index (χ0) is 18.9. The molecule has 5 nitrogen and oxygen atoms in total. The van der Waals surface area contributed by atoms with Gasteiger partial charge in [-0.1, -0.05) is 31.3 Å². The Hall–Kier alpha value is -2.32. The molecule has 1 N–H and O–H groups in total. The number of allylic oxidation sites excluding steroid dienone is 1. The van der Waals surface area contributed by atoms with E-state index in [1.54, 1.807) is 27.1 Å². The number of aryl methyl sites for hydroxylation is 1. The summed E-state index contributed by atoms with van der Waals surface area (Å²) in [4.78, 5) is 25.1. The van der Waals surface area contributed by atoms with Crippen molar-refractivity contribution < 1.29 is 14.6 Å². The SMILES string of the molecule is CC1=C(C(=O)OCC(C)C)c2c(C#CC(C)(C)O)cn(C)c(=O)c2C1. The van der Waals surface area contributed by atoms with E-state index in [1.807, 2.05) is 20.8 Å².